The molecule has 6 nitrogen and oxygen atoms in total. The fourth-order valence-electron chi connectivity index (χ4n) is 1.52. The third kappa shape index (κ3) is 2.86. The number of nitrogens with two attached hydrogens (primary N) is 3. The Kier molecular flexibility index (Phi) is 3.43. The summed E-state index contributed by atoms with van der Waals surface area (Å²) in [5.74, 6) is -0.784. The van der Waals surface area contributed by atoms with E-state index < -0.39 is 5.91 Å². The van der Waals surface area contributed by atoms with E-state index in [1.165, 1.54) is 6.07 Å². The summed E-state index contributed by atoms with van der Waals surface area (Å²) in [7, 11) is 0. The molecule has 0 saturated heterocycles. The summed E-state index contributed by atoms with van der Waals surface area (Å²) in [5.41, 5.74) is 16.8. The lowest BCUT2D eigenvalue weighted by Gasteiger charge is -1.97. The van der Waals surface area contributed by atoms with E-state index in [1.54, 1.807) is 24.3 Å². The Balaban J connectivity index is 2.42. The molecule has 0 aliphatic rings. The lowest BCUT2D eigenvalue weighted by Crippen LogP contribution is -2.24. The number of anilines is 1. The van der Waals surface area contributed by atoms with Gasteiger partial charge < -0.3 is 21.6 Å². The third-order valence-corrected chi connectivity index (χ3v) is 2.53. The second kappa shape index (κ2) is 5.03. The first-order valence-corrected chi connectivity index (χ1v) is 5.64. The summed E-state index contributed by atoms with van der Waals surface area (Å²) in [6.45, 7) is 0. The van der Waals surface area contributed by atoms with Crippen LogP contribution in [-0.2, 0) is 0 Å². The lowest BCUT2D eigenvalue weighted by molar-refractivity contribution is 0.0978. The van der Waals surface area contributed by atoms with Crippen molar-refractivity contribution in [3.05, 3.63) is 41.1 Å². The van der Waals surface area contributed by atoms with Gasteiger partial charge >= 0.3 is 5.91 Å². The van der Waals surface area contributed by atoms with Crippen LogP contribution in [0.15, 0.2) is 39.7 Å². The second-order valence-corrected chi connectivity index (χ2v) is 4.18. The number of nitrogen functional groups attached to an aromatic ring is 1. The normalized spacial score (nSPS) is 10.2. The molecule has 6 N–H and O–H groups in total. The fourth-order valence-corrected chi connectivity index (χ4v) is 1.71. The molecule has 0 aliphatic heterocycles. The molecule has 7 heteroatoms. The van der Waals surface area contributed by atoms with Gasteiger partial charge in [0.1, 0.15) is 5.76 Å². The van der Waals surface area contributed by atoms with E-state index in [2.05, 4.69) is 4.99 Å². The summed E-state index contributed by atoms with van der Waals surface area (Å²) in [5, 5.41) is 0.546. The predicted octanol–water partition coefficient (Wildman–Crippen LogP) is 1.60. The van der Waals surface area contributed by atoms with Gasteiger partial charge in [0.2, 0.25) is 5.76 Å². The molecule has 2 rings (SSSR count). The van der Waals surface area contributed by atoms with E-state index in [-0.39, 0.29) is 17.4 Å². The first-order chi connectivity index (χ1) is 8.97. The molecule has 0 aliphatic carbocycles. The highest BCUT2D eigenvalue weighted by Gasteiger charge is 2.17. The Morgan fingerprint density at radius 1 is 1.26 bits per heavy atom. The van der Waals surface area contributed by atoms with Crippen molar-refractivity contribution in [2.45, 2.75) is 0 Å². The summed E-state index contributed by atoms with van der Waals surface area (Å²) in [6, 6.07) is 8.46. The van der Waals surface area contributed by atoms with Crippen LogP contribution >= 0.6 is 11.6 Å². The number of hydrogen-bond donors (Lipinski definition) is 3. The zero-order valence-corrected chi connectivity index (χ0v) is 10.5. The van der Waals surface area contributed by atoms with Crippen molar-refractivity contribution in [1.29, 1.82) is 0 Å². The number of benzene rings is 1. The predicted molar refractivity (Wildman–Crippen MR) is 73.7 cm³/mol. The molecule has 0 atom stereocenters. The Morgan fingerprint density at radius 3 is 2.63 bits per heavy atom. The maximum Gasteiger partial charge on any atom is 0.318 e. The summed E-state index contributed by atoms with van der Waals surface area (Å²) < 4.78 is 5.37. The zero-order valence-electron chi connectivity index (χ0n) is 9.76. The number of guanidine groups is 1. The number of aliphatic imine (C=N–C) groups is 1. The molecule has 1 aromatic carbocycles. The van der Waals surface area contributed by atoms with Crippen LogP contribution in [0.1, 0.15) is 10.6 Å². The summed E-state index contributed by atoms with van der Waals surface area (Å²) in [4.78, 5) is 15.0. The van der Waals surface area contributed by atoms with Gasteiger partial charge in [0.15, 0.2) is 5.96 Å². The van der Waals surface area contributed by atoms with Crippen molar-refractivity contribution >= 4 is 29.2 Å². The molecule has 0 radical (unpaired) electrons. The van der Waals surface area contributed by atoms with E-state index in [0.29, 0.717) is 16.3 Å². The van der Waals surface area contributed by atoms with Gasteiger partial charge in [0, 0.05) is 16.7 Å². The average Bonchev–Trinajstić information content (AvgIpc) is 2.70. The van der Waals surface area contributed by atoms with Crippen LogP contribution < -0.4 is 17.2 Å². The van der Waals surface area contributed by atoms with Gasteiger partial charge in [-0.15, -0.1) is 0 Å². The summed E-state index contributed by atoms with van der Waals surface area (Å²) >= 11 is 5.88. The molecule has 0 fully saturated rings. The second-order valence-electron chi connectivity index (χ2n) is 3.75. The number of rotatable bonds is 2. The highest BCUT2D eigenvalue weighted by Crippen LogP contribution is 2.29. The van der Waals surface area contributed by atoms with Gasteiger partial charge in [-0.05, 0) is 12.1 Å². The Hall–Kier alpha value is -2.47. The van der Waals surface area contributed by atoms with Crippen molar-refractivity contribution in [2.24, 2.45) is 16.5 Å². The number of halogens is 1. The standard InChI is InChI=1S/C12H11ClN4O2/c13-7-3-1-2-6(4-7)9-5-8(14)10(19-9)11(18)17-12(15)16/h1-5H,14H2,(H4,15,16,17,18). The molecular formula is C12H11ClN4O2. The SMILES string of the molecule is NC(N)=NC(=O)c1oc(-c2cccc(Cl)c2)cc1N. The number of carbonyl (C=O) groups excluding carboxylic acids is 1. The first-order valence-electron chi connectivity index (χ1n) is 5.26. The highest BCUT2D eigenvalue weighted by molar-refractivity contribution is 6.30. The maximum absolute atomic E-state index is 11.6. The molecule has 1 heterocycles. The van der Waals surface area contributed by atoms with Gasteiger partial charge in [-0.2, -0.15) is 4.99 Å². The Morgan fingerprint density at radius 2 is 2.00 bits per heavy atom. The molecule has 1 aromatic heterocycles. The first kappa shape index (κ1) is 13.0. The Labute approximate surface area is 113 Å². The highest BCUT2D eigenvalue weighted by atomic mass is 35.5. The third-order valence-electron chi connectivity index (χ3n) is 2.29. The molecule has 0 bridgehead atoms. The smallest absolute Gasteiger partial charge is 0.318 e. The zero-order chi connectivity index (χ0) is 14.0. The number of nitrogens with zero attached hydrogens (tertiary/aromatic N) is 1. The van der Waals surface area contributed by atoms with Crippen LogP contribution in [0.2, 0.25) is 5.02 Å². The monoisotopic (exact) mass is 278 g/mol. The topological polar surface area (TPSA) is 121 Å². The van der Waals surface area contributed by atoms with Crippen LogP contribution in [0.4, 0.5) is 5.69 Å². The van der Waals surface area contributed by atoms with Crippen LogP contribution in [0.3, 0.4) is 0 Å². The number of amides is 1. The van der Waals surface area contributed by atoms with E-state index in [9.17, 15) is 4.79 Å². The molecule has 1 amide bonds. The molecular weight excluding hydrogens is 268 g/mol. The largest absolute Gasteiger partial charge is 0.449 e. The van der Waals surface area contributed by atoms with Gasteiger partial charge in [0.05, 0.1) is 5.69 Å². The average molecular weight is 279 g/mol. The van der Waals surface area contributed by atoms with Gasteiger partial charge in [-0.3, -0.25) is 4.79 Å². The molecule has 0 saturated carbocycles. The number of carbonyl (C=O) groups is 1. The Bertz CT molecular complexity index is 659. The minimum atomic E-state index is -0.731. The molecule has 2 aromatic rings. The van der Waals surface area contributed by atoms with E-state index in [4.69, 9.17) is 33.2 Å². The molecule has 19 heavy (non-hydrogen) atoms. The fraction of sp³-hybridized carbons (Fsp3) is 0. The van der Waals surface area contributed by atoms with Crippen LogP contribution in [-0.4, -0.2) is 11.9 Å². The van der Waals surface area contributed by atoms with E-state index in [1.807, 2.05) is 0 Å². The number of hydrogen-bond acceptors (Lipinski definition) is 3. The maximum atomic E-state index is 11.6. The van der Waals surface area contributed by atoms with Gasteiger partial charge in [-0.25, -0.2) is 0 Å². The van der Waals surface area contributed by atoms with Crippen molar-refractivity contribution in [3.8, 4) is 11.3 Å². The molecule has 98 valence electrons. The van der Waals surface area contributed by atoms with Crippen LogP contribution in [0.25, 0.3) is 11.3 Å². The van der Waals surface area contributed by atoms with Gasteiger partial charge in [-0.1, -0.05) is 23.7 Å². The van der Waals surface area contributed by atoms with Crippen LogP contribution in [0, 0.1) is 0 Å². The quantitative estimate of drug-likeness (QED) is 0.569. The minimum absolute atomic E-state index is 0.108. The molecule has 0 spiro atoms. The molecule has 0 unspecified atom stereocenters. The van der Waals surface area contributed by atoms with E-state index in [0.717, 1.165) is 0 Å². The van der Waals surface area contributed by atoms with Crippen LogP contribution in [0.5, 0.6) is 0 Å². The summed E-state index contributed by atoms with van der Waals surface area (Å²) in [6.07, 6.45) is 0. The number of furan rings is 1. The van der Waals surface area contributed by atoms with E-state index >= 15 is 0 Å². The van der Waals surface area contributed by atoms with Gasteiger partial charge in [0.25, 0.3) is 0 Å². The lowest BCUT2D eigenvalue weighted by atomic mass is 10.2. The van der Waals surface area contributed by atoms with Crippen molar-refractivity contribution in [3.63, 3.8) is 0 Å². The minimum Gasteiger partial charge on any atom is -0.449 e. The van der Waals surface area contributed by atoms with Crippen molar-refractivity contribution < 1.29 is 9.21 Å². The van der Waals surface area contributed by atoms with Crippen molar-refractivity contribution in [1.82, 2.24) is 0 Å². The van der Waals surface area contributed by atoms with Crippen molar-refractivity contribution in [2.75, 3.05) is 5.73 Å².